The number of rotatable bonds is 4. The van der Waals surface area contributed by atoms with Crippen molar-refractivity contribution in [2.45, 2.75) is 32.9 Å². The van der Waals surface area contributed by atoms with Gasteiger partial charge in [-0.25, -0.2) is 9.78 Å². The molecule has 2 N–H and O–H groups in total. The Labute approximate surface area is 152 Å². The molecule has 0 atom stereocenters. The average molecular weight is 412 g/mol. The Hall–Kier alpha value is -1.93. The molecule has 0 aliphatic carbocycles. The molecule has 0 unspecified atom stereocenters. The van der Waals surface area contributed by atoms with Crippen molar-refractivity contribution >= 4 is 45.0 Å². The quantitative estimate of drug-likeness (QED) is 0.790. The van der Waals surface area contributed by atoms with Crippen LogP contribution in [0.2, 0.25) is 0 Å². The monoisotopic (exact) mass is 411 g/mol. The van der Waals surface area contributed by atoms with Crippen LogP contribution in [0.25, 0.3) is 0 Å². The first kappa shape index (κ1) is 18.4. The highest BCUT2D eigenvalue weighted by Crippen LogP contribution is 2.19. The Bertz CT molecular complexity index is 740. The largest absolute Gasteiger partial charge is 0.444 e. The van der Waals surface area contributed by atoms with E-state index in [1.165, 1.54) is 11.3 Å². The molecule has 0 saturated carbocycles. The Balaban J connectivity index is 1.93. The zero-order valence-electron chi connectivity index (χ0n) is 13.6. The van der Waals surface area contributed by atoms with E-state index in [-0.39, 0.29) is 5.91 Å². The predicted molar refractivity (Wildman–Crippen MR) is 97.3 cm³/mol. The molecular weight excluding hydrogens is 394 g/mol. The van der Waals surface area contributed by atoms with Crippen LogP contribution >= 0.6 is 27.3 Å². The number of carbonyl (C=O) groups is 2. The third-order valence-electron chi connectivity index (χ3n) is 2.70. The summed E-state index contributed by atoms with van der Waals surface area (Å²) in [5, 5.41) is 5.86. The number of nitrogens with one attached hydrogen (secondary N) is 2. The minimum atomic E-state index is -0.558. The van der Waals surface area contributed by atoms with Gasteiger partial charge in [-0.15, -0.1) is 11.3 Å². The number of ether oxygens (including phenoxy) is 1. The topological polar surface area (TPSA) is 80.3 Å². The van der Waals surface area contributed by atoms with Gasteiger partial charge in [-0.05, 0) is 54.4 Å². The molecule has 1 heterocycles. The van der Waals surface area contributed by atoms with Gasteiger partial charge >= 0.3 is 6.09 Å². The van der Waals surface area contributed by atoms with Crippen LogP contribution in [0.5, 0.6) is 0 Å². The average Bonchev–Trinajstić information content (AvgIpc) is 2.90. The van der Waals surface area contributed by atoms with Crippen LogP contribution in [0.3, 0.4) is 0 Å². The van der Waals surface area contributed by atoms with Crippen LogP contribution in [0, 0.1) is 0 Å². The third-order valence-corrected chi connectivity index (χ3v) is 4.17. The number of carbonyl (C=O) groups excluding carboxylic acids is 2. The van der Waals surface area contributed by atoms with E-state index in [0.717, 1.165) is 9.35 Å². The standard InChI is InChI=1S/C16H18BrN3O3S/c1-16(2,3)23-15(22)20-11-6-4-5-10(7-11)8-18-13(21)14-19-9-12(17)24-14/h4-7,9H,8H2,1-3H3,(H,18,21)(H,20,22). The molecule has 128 valence electrons. The zero-order valence-corrected chi connectivity index (χ0v) is 16.0. The van der Waals surface area contributed by atoms with Crippen LogP contribution in [0.4, 0.5) is 10.5 Å². The second-order valence-corrected chi connectivity index (χ2v) is 8.39. The molecule has 6 nitrogen and oxygen atoms in total. The van der Waals surface area contributed by atoms with Gasteiger partial charge in [0.15, 0.2) is 5.01 Å². The Morgan fingerprint density at radius 3 is 2.71 bits per heavy atom. The van der Waals surface area contributed by atoms with Gasteiger partial charge in [0.25, 0.3) is 5.91 Å². The molecule has 0 spiro atoms. The molecular formula is C16H18BrN3O3S. The SMILES string of the molecule is CC(C)(C)OC(=O)Nc1cccc(CNC(=O)c2ncc(Br)s2)c1. The van der Waals surface area contributed by atoms with Gasteiger partial charge in [-0.2, -0.15) is 0 Å². The van der Waals surface area contributed by atoms with E-state index >= 15 is 0 Å². The molecule has 2 rings (SSSR count). The van der Waals surface area contributed by atoms with E-state index in [0.29, 0.717) is 17.2 Å². The van der Waals surface area contributed by atoms with E-state index in [9.17, 15) is 9.59 Å². The minimum absolute atomic E-state index is 0.240. The summed E-state index contributed by atoms with van der Waals surface area (Å²) >= 11 is 4.54. The van der Waals surface area contributed by atoms with Gasteiger partial charge in [-0.1, -0.05) is 12.1 Å². The van der Waals surface area contributed by atoms with Crippen LogP contribution in [-0.4, -0.2) is 22.6 Å². The lowest BCUT2D eigenvalue weighted by Crippen LogP contribution is -2.27. The van der Waals surface area contributed by atoms with Crippen LogP contribution in [0.1, 0.15) is 36.1 Å². The summed E-state index contributed by atoms with van der Waals surface area (Å²) in [5.41, 5.74) is 0.901. The molecule has 0 radical (unpaired) electrons. The molecule has 0 bridgehead atoms. The van der Waals surface area contributed by atoms with Gasteiger partial charge in [0.05, 0.1) is 9.98 Å². The van der Waals surface area contributed by atoms with Gasteiger partial charge < -0.3 is 10.1 Å². The Morgan fingerprint density at radius 1 is 1.33 bits per heavy atom. The third kappa shape index (κ3) is 5.93. The van der Waals surface area contributed by atoms with Crippen LogP contribution < -0.4 is 10.6 Å². The van der Waals surface area contributed by atoms with Gasteiger partial charge in [0.2, 0.25) is 0 Å². The highest BCUT2D eigenvalue weighted by atomic mass is 79.9. The highest BCUT2D eigenvalue weighted by molar-refractivity contribution is 9.11. The zero-order chi connectivity index (χ0) is 17.7. The molecule has 1 aromatic heterocycles. The summed E-state index contributed by atoms with van der Waals surface area (Å²) in [6.45, 7) is 5.74. The smallest absolute Gasteiger partial charge is 0.412 e. The van der Waals surface area contributed by atoms with Gasteiger partial charge in [0, 0.05) is 12.2 Å². The van der Waals surface area contributed by atoms with Crippen molar-refractivity contribution in [1.29, 1.82) is 0 Å². The number of anilines is 1. The maximum Gasteiger partial charge on any atom is 0.412 e. The lowest BCUT2D eigenvalue weighted by Gasteiger charge is -2.19. The first-order valence-corrected chi connectivity index (χ1v) is 8.82. The second kappa shape index (κ2) is 7.76. The van der Waals surface area contributed by atoms with Crippen LogP contribution in [0.15, 0.2) is 34.2 Å². The lowest BCUT2D eigenvalue weighted by molar-refractivity contribution is 0.0635. The molecule has 1 aromatic carbocycles. The number of hydrogen-bond donors (Lipinski definition) is 2. The van der Waals surface area contributed by atoms with Crippen molar-refractivity contribution in [2.24, 2.45) is 0 Å². The van der Waals surface area contributed by atoms with E-state index in [1.54, 1.807) is 45.2 Å². The van der Waals surface area contributed by atoms with Crippen molar-refractivity contribution in [1.82, 2.24) is 10.3 Å². The Kier molecular flexibility index (Phi) is 5.95. The summed E-state index contributed by atoms with van der Waals surface area (Å²) in [5.74, 6) is -0.240. The Morgan fingerprint density at radius 2 is 2.08 bits per heavy atom. The predicted octanol–water partition coefficient (Wildman–Crippen LogP) is 4.18. The fourth-order valence-electron chi connectivity index (χ4n) is 1.80. The van der Waals surface area contributed by atoms with Crippen molar-refractivity contribution < 1.29 is 14.3 Å². The summed E-state index contributed by atoms with van der Waals surface area (Å²) in [4.78, 5) is 27.8. The van der Waals surface area contributed by atoms with Crippen LogP contribution in [-0.2, 0) is 11.3 Å². The highest BCUT2D eigenvalue weighted by Gasteiger charge is 2.16. The molecule has 24 heavy (non-hydrogen) atoms. The van der Waals surface area contributed by atoms with Crippen molar-refractivity contribution in [2.75, 3.05) is 5.32 Å². The number of halogens is 1. The van der Waals surface area contributed by atoms with E-state index in [4.69, 9.17) is 4.74 Å². The lowest BCUT2D eigenvalue weighted by atomic mass is 10.2. The molecule has 0 saturated heterocycles. The first-order chi connectivity index (χ1) is 11.2. The molecule has 0 aliphatic rings. The maximum absolute atomic E-state index is 12.0. The summed E-state index contributed by atoms with van der Waals surface area (Å²) in [6, 6.07) is 7.20. The fourth-order valence-corrected chi connectivity index (χ4v) is 2.92. The number of thiazole rings is 1. The van der Waals surface area contributed by atoms with E-state index in [2.05, 4.69) is 31.5 Å². The molecule has 0 aliphatic heterocycles. The molecule has 0 fully saturated rings. The fraction of sp³-hybridized carbons (Fsp3) is 0.312. The summed E-state index contributed by atoms with van der Waals surface area (Å²) in [7, 11) is 0. The second-order valence-electron chi connectivity index (χ2n) is 5.98. The number of aromatic nitrogens is 1. The first-order valence-electron chi connectivity index (χ1n) is 7.21. The molecule has 8 heteroatoms. The van der Waals surface area contributed by atoms with Crippen molar-refractivity contribution in [3.8, 4) is 0 Å². The van der Waals surface area contributed by atoms with E-state index < -0.39 is 11.7 Å². The molecule has 2 aromatic rings. The number of amides is 2. The molecule has 2 amide bonds. The number of hydrogen-bond acceptors (Lipinski definition) is 5. The van der Waals surface area contributed by atoms with Gasteiger partial charge in [-0.3, -0.25) is 10.1 Å². The maximum atomic E-state index is 12.0. The normalized spacial score (nSPS) is 11.0. The summed E-state index contributed by atoms with van der Waals surface area (Å²) in [6.07, 6.45) is 1.07. The van der Waals surface area contributed by atoms with Crippen molar-refractivity contribution in [3.05, 3.63) is 44.8 Å². The minimum Gasteiger partial charge on any atom is -0.444 e. The van der Waals surface area contributed by atoms with E-state index in [1.807, 2.05) is 6.07 Å². The number of benzene rings is 1. The van der Waals surface area contributed by atoms with Crippen molar-refractivity contribution in [3.63, 3.8) is 0 Å². The summed E-state index contributed by atoms with van der Waals surface area (Å²) < 4.78 is 6.01. The van der Waals surface area contributed by atoms with Gasteiger partial charge in [0.1, 0.15) is 5.60 Å². The number of nitrogens with zero attached hydrogens (tertiary/aromatic N) is 1.